The predicted octanol–water partition coefficient (Wildman–Crippen LogP) is 3.00. The molecule has 1 aromatic heterocycles. The van der Waals surface area contributed by atoms with Gasteiger partial charge in [-0.3, -0.25) is 4.98 Å². The fourth-order valence-corrected chi connectivity index (χ4v) is 1.57. The van der Waals surface area contributed by atoms with Crippen molar-refractivity contribution in [1.82, 2.24) is 4.98 Å². The van der Waals surface area contributed by atoms with Crippen molar-refractivity contribution in [3.05, 3.63) is 29.6 Å². The Morgan fingerprint density at radius 3 is 2.86 bits per heavy atom. The van der Waals surface area contributed by atoms with Crippen molar-refractivity contribution in [2.24, 2.45) is 0 Å². The molecule has 2 nitrogen and oxygen atoms in total. The van der Waals surface area contributed by atoms with Gasteiger partial charge in [0.1, 0.15) is 0 Å². The number of aromatic nitrogens is 1. The van der Waals surface area contributed by atoms with Gasteiger partial charge in [-0.1, -0.05) is 26.2 Å². The van der Waals surface area contributed by atoms with Crippen molar-refractivity contribution < 1.29 is 5.11 Å². The number of unbranched alkanes of at least 4 members (excludes halogenated alkanes) is 2. The summed E-state index contributed by atoms with van der Waals surface area (Å²) in [7, 11) is 0. The van der Waals surface area contributed by atoms with Crippen LogP contribution in [0.3, 0.4) is 0 Å². The average Bonchev–Trinajstić information content (AvgIpc) is 2.18. The minimum Gasteiger partial charge on any atom is -0.388 e. The van der Waals surface area contributed by atoms with Gasteiger partial charge in [-0.05, 0) is 25.0 Å². The lowest BCUT2D eigenvalue weighted by molar-refractivity contribution is 0.162. The molecule has 0 aliphatic heterocycles. The topological polar surface area (TPSA) is 33.1 Å². The number of hydrogen-bond donors (Lipinski definition) is 1. The van der Waals surface area contributed by atoms with E-state index in [0.717, 1.165) is 24.0 Å². The highest BCUT2D eigenvalue weighted by atomic mass is 16.3. The number of rotatable bonds is 5. The lowest BCUT2D eigenvalue weighted by Gasteiger charge is -2.12. The second kappa shape index (κ2) is 5.76. The van der Waals surface area contributed by atoms with Crippen molar-refractivity contribution in [3.63, 3.8) is 0 Å². The summed E-state index contributed by atoms with van der Waals surface area (Å²) >= 11 is 0. The van der Waals surface area contributed by atoms with Crippen LogP contribution >= 0.6 is 0 Å². The first kappa shape index (κ1) is 11.2. The Morgan fingerprint density at radius 2 is 2.21 bits per heavy atom. The highest BCUT2D eigenvalue weighted by molar-refractivity contribution is 5.23. The molecule has 1 aromatic rings. The molecule has 0 saturated carbocycles. The number of nitrogens with zero attached hydrogens (tertiary/aromatic N) is 1. The van der Waals surface area contributed by atoms with Crippen molar-refractivity contribution in [2.45, 2.75) is 45.6 Å². The van der Waals surface area contributed by atoms with E-state index >= 15 is 0 Å². The molecular weight excluding hydrogens is 174 g/mol. The Kier molecular flexibility index (Phi) is 4.60. The minimum atomic E-state index is -0.338. The summed E-state index contributed by atoms with van der Waals surface area (Å²) in [6.45, 7) is 4.18. The summed E-state index contributed by atoms with van der Waals surface area (Å²) in [4.78, 5) is 4.03. The third-order valence-electron chi connectivity index (χ3n) is 2.52. The molecule has 0 amide bonds. The number of aryl methyl sites for hydroxylation is 1. The van der Waals surface area contributed by atoms with Crippen LogP contribution in [-0.2, 0) is 0 Å². The lowest BCUT2D eigenvalue weighted by atomic mass is 10.0. The van der Waals surface area contributed by atoms with Gasteiger partial charge in [0.05, 0.1) is 6.10 Å². The van der Waals surface area contributed by atoms with Crippen LogP contribution in [0.4, 0.5) is 0 Å². The van der Waals surface area contributed by atoms with Crippen LogP contribution in [0.15, 0.2) is 18.5 Å². The number of pyridine rings is 1. The van der Waals surface area contributed by atoms with Gasteiger partial charge in [-0.25, -0.2) is 0 Å². The van der Waals surface area contributed by atoms with Gasteiger partial charge in [0.25, 0.3) is 0 Å². The molecule has 0 saturated heterocycles. The summed E-state index contributed by atoms with van der Waals surface area (Å²) in [5, 5.41) is 9.89. The number of aliphatic hydroxyl groups is 1. The van der Waals surface area contributed by atoms with Crippen molar-refractivity contribution in [3.8, 4) is 0 Å². The van der Waals surface area contributed by atoms with E-state index < -0.39 is 0 Å². The summed E-state index contributed by atoms with van der Waals surface area (Å²) in [6.07, 6.45) is 7.51. The molecule has 1 unspecified atom stereocenters. The van der Waals surface area contributed by atoms with Gasteiger partial charge in [-0.2, -0.15) is 0 Å². The van der Waals surface area contributed by atoms with Gasteiger partial charge >= 0.3 is 0 Å². The van der Waals surface area contributed by atoms with Crippen LogP contribution in [0.25, 0.3) is 0 Å². The quantitative estimate of drug-likeness (QED) is 0.729. The van der Waals surface area contributed by atoms with Crippen molar-refractivity contribution in [2.75, 3.05) is 0 Å². The molecule has 0 fully saturated rings. The predicted molar refractivity (Wildman–Crippen MR) is 58.1 cm³/mol. The van der Waals surface area contributed by atoms with Crippen LogP contribution in [0.1, 0.15) is 49.8 Å². The standard InChI is InChI=1S/C12H19NO/c1-3-4-5-6-12(14)11-9-13-8-7-10(11)2/h7-9,12,14H,3-6H2,1-2H3. The largest absolute Gasteiger partial charge is 0.388 e. The van der Waals surface area contributed by atoms with Crippen molar-refractivity contribution in [1.29, 1.82) is 0 Å². The second-order valence-electron chi connectivity index (χ2n) is 3.74. The SMILES string of the molecule is CCCCCC(O)c1cnccc1C. The smallest absolute Gasteiger partial charge is 0.0807 e. The molecule has 1 rings (SSSR count). The Balaban J connectivity index is 2.51. The van der Waals surface area contributed by atoms with Gasteiger partial charge in [0, 0.05) is 18.0 Å². The molecule has 0 aliphatic carbocycles. The molecule has 0 aliphatic rings. The Bertz CT molecular complexity index is 273. The fraction of sp³-hybridized carbons (Fsp3) is 0.583. The first-order valence-electron chi connectivity index (χ1n) is 5.34. The Hall–Kier alpha value is -0.890. The van der Waals surface area contributed by atoms with E-state index in [9.17, 15) is 5.11 Å². The van der Waals surface area contributed by atoms with Gasteiger partial charge in [0.2, 0.25) is 0 Å². The zero-order valence-corrected chi connectivity index (χ0v) is 9.03. The third kappa shape index (κ3) is 3.11. The minimum absolute atomic E-state index is 0.338. The normalized spacial score (nSPS) is 12.8. The van der Waals surface area contributed by atoms with E-state index in [2.05, 4.69) is 11.9 Å². The van der Waals surface area contributed by atoms with Gasteiger partial charge < -0.3 is 5.11 Å². The molecule has 1 N–H and O–H groups in total. The molecule has 1 atom stereocenters. The second-order valence-corrected chi connectivity index (χ2v) is 3.74. The Labute approximate surface area is 86.0 Å². The zero-order valence-electron chi connectivity index (χ0n) is 9.03. The van der Waals surface area contributed by atoms with E-state index in [1.807, 2.05) is 13.0 Å². The highest BCUT2D eigenvalue weighted by Crippen LogP contribution is 2.21. The average molecular weight is 193 g/mol. The first-order valence-corrected chi connectivity index (χ1v) is 5.34. The maximum atomic E-state index is 9.89. The summed E-state index contributed by atoms with van der Waals surface area (Å²) in [5.41, 5.74) is 2.10. The molecule has 2 heteroatoms. The number of hydrogen-bond acceptors (Lipinski definition) is 2. The molecule has 14 heavy (non-hydrogen) atoms. The van der Waals surface area contributed by atoms with E-state index in [0.29, 0.717) is 0 Å². The molecule has 1 heterocycles. The van der Waals surface area contributed by atoms with Crippen LogP contribution in [0, 0.1) is 6.92 Å². The van der Waals surface area contributed by atoms with Crippen molar-refractivity contribution >= 4 is 0 Å². The lowest BCUT2D eigenvalue weighted by Crippen LogP contribution is -2.00. The third-order valence-corrected chi connectivity index (χ3v) is 2.52. The monoisotopic (exact) mass is 193 g/mol. The summed E-state index contributed by atoms with van der Waals surface area (Å²) < 4.78 is 0. The van der Waals surface area contributed by atoms with Crippen LogP contribution in [-0.4, -0.2) is 10.1 Å². The van der Waals surface area contributed by atoms with E-state index in [1.165, 1.54) is 12.8 Å². The maximum absolute atomic E-state index is 9.89. The van der Waals surface area contributed by atoms with Gasteiger partial charge in [-0.15, -0.1) is 0 Å². The number of aliphatic hydroxyl groups excluding tert-OH is 1. The van der Waals surface area contributed by atoms with Crippen LogP contribution in [0.2, 0.25) is 0 Å². The van der Waals surface area contributed by atoms with Crippen LogP contribution < -0.4 is 0 Å². The van der Waals surface area contributed by atoms with E-state index in [-0.39, 0.29) is 6.10 Å². The van der Waals surface area contributed by atoms with E-state index in [4.69, 9.17) is 0 Å². The maximum Gasteiger partial charge on any atom is 0.0807 e. The zero-order chi connectivity index (χ0) is 10.4. The molecule has 0 bridgehead atoms. The molecule has 78 valence electrons. The summed E-state index contributed by atoms with van der Waals surface area (Å²) in [5.74, 6) is 0. The van der Waals surface area contributed by atoms with E-state index in [1.54, 1.807) is 12.4 Å². The van der Waals surface area contributed by atoms with Gasteiger partial charge in [0.15, 0.2) is 0 Å². The molecule has 0 radical (unpaired) electrons. The summed E-state index contributed by atoms with van der Waals surface area (Å²) in [6, 6.07) is 1.94. The van der Waals surface area contributed by atoms with Crippen LogP contribution in [0.5, 0.6) is 0 Å². The molecule has 0 aromatic carbocycles. The molecular formula is C12H19NO. The highest BCUT2D eigenvalue weighted by Gasteiger charge is 2.09. The molecule has 0 spiro atoms. The Morgan fingerprint density at radius 1 is 1.43 bits per heavy atom. The fourth-order valence-electron chi connectivity index (χ4n) is 1.57. The first-order chi connectivity index (χ1) is 6.75.